The summed E-state index contributed by atoms with van der Waals surface area (Å²) >= 11 is 0. The number of hydrogen-bond acceptors (Lipinski definition) is 3. The van der Waals surface area contributed by atoms with Crippen LogP contribution in [0.2, 0.25) is 0 Å². The van der Waals surface area contributed by atoms with E-state index in [9.17, 15) is 5.11 Å². The Hall–Kier alpha value is -0.664. The monoisotopic (exact) mass is 247 g/mol. The third kappa shape index (κ3) is 4.91. The van der Waals surface area contributed by atoms with E-state index in [1.165, 1.54) is 0 Å². The first-order valence-electron chi connectivity index (χ1n) is 4.06. The van der Waals surface area contributed by atoms with Gasteiger partial charge in [0.1, 0.15) is 11.3 Å². The molecule has 2 rings (SSSR count). The summed E-state index contributed by atoms with van der Waals surface area (Å²) in [6.07, 6.45) is -0.165. The summed E-state index contributed by atoms with van der Waals surface area (Å²) < 4.78 is 0. The predicted octanol–water partition coefficient (Wildman–Crippen LogP) is 1.51. The van der Waals surface area contributed by atoms with Crippen molar-refractivity contribution in [3.05, 3.63) is 36.5 Å². The van der Waals surface area contributed by atoms with E-state index in [2.05, 4.69) is 4.98 Å². The van der Waals surface area contributed by atoms with Crippen LogP contribution in [-0.2, 0) is 0 Å². The molecule has 6 heteroatoms. The van der Waals surface area contributed by atoms with Gasteiger partial charge in [-0.1, -0.05) is 18.2 Å². The number of aromatic nitrogens is 1. The molecule has 80 valence electrons. The molecule has 0 atom stereocenters. The molecule has 0 unspecified atom stereocenters. The fraction of sp³-hybridized carbons (Fsp3) is 0. The first kappa shape index (κ1) is 15.3. The predicted molar refractivity (Wildman–Crippen MR) is 61.2 cm³/mol. The Morgan fingerprint density at radius 3 is 2.25 bits per heavy atom. The molecule has 5 nitrogen and oxygen atoms in total. The molecule has 1 aromatic heterocycles. The van der Waals surface area contributed by atoms with E-state index in [0.717, 1.165) is 5.39 Å². The van der Waals surface area contributed by atoms with E-state index in [1.807, 2.05) is 18.2 Å². The van der Waals surface area contributed by atoms with Crippen LogP contribution < -0.4 is 0 Å². The summed E-state index contributed by atoms with van der Waals surface area (Å²) in [7, 11) is 0. The van der Waals surface area contributed by atoms with Gasteiger partial charge in [0.2, 0.25) is 0 Å². The number of para-hydroxylation sites is 1. The molecule has 3 N–H and O–H groups in total. The standard InChI is InChI=1S/C9H7NO.CH2O3.K.H/c11-8-5-1-3-7-4-2-6-10-9(7)8;2-1(3)4;;/h1-6,11H;(H2,2,3,4);;. The van der Waals surface area contributed by atoms with Crippen LogP contribution in [0.4, 0.5) is 4.79 Å². The molecular weight excluding hydrogens is 237 g/mol. The van der Waals surface area contributed by atoms with E-state index >= 15 is 0 Å². The maximum atomic E-state index is 9.31. The third-order valence-corrected chi connectivity index (χ3v) is 1.61. The van der Waals surface area contributed by atoms with E-state index < -0.39 is 6.16 Å². The number of benzene rings is 1. The Kier molecular flexibility index (Phi) is 7.27. The van der Waals surface area contributed by atoms with Crippen molar-refractivity contribution in [3.8, 4) is 5.75 Å². The van der Waals surface area contributed by atoms with Gasteiger partial charge in [-0.3, -0.25) is 4.98 Å². The number of carbonyl (C=O) groups is 1. The number of phenols is 1. The van der Waals surface area contributed by atoms with Crippen LogP contribution in [0.3, 0.4) is 0 Å². The van der Waals surface area contributed by atoms with Crippen LogP contribution >= 0.6 is 0 Å². The SMILES string of the molecule is O=C(O)O.Oc1cccc2cccnc12.[KH]. The molecule has 0 aliphatic rings. The molecule has 0 saturated carbocycles. The zero-order valence-electron chi connectivity index (χ0n) is 7.66. The maximum absolute atomic E-state index is 9.31. The number of rotatable bonds is 0. The molecule has 0 aliphatic heterocycles. The molecular formula is C10H10KNO4. The average Bonchev–Trinajstić information content (AvgIpc) is 2.18. The molecule has 0 fully saturated rings. The zero-order valence-corrected chi connectivity index (χ0v) is 7.66. The topological polar surface area (TPSA) is 90.7 Å². The minimum atomic E-state index is -1.83. The molecule has 0 amide bonds. The van der Waals surface area contributed by atoms with Gasteiger partial charge < -0.3 is 15.3 Å². The molecule has 0 bridgehead atoms. The van der Waals surface area contributed by atoms with Crippen LogP contribution in [0.15, 0.2) is 36.5 Å². The van der Waals surface area contributed by atoms with Gasteiger partial charge in [0.15, 0.2) is 0 Å². The van der Waals surface area contributed by atoms with E-state index in [1.54, 1.807) is 18.3 Å². The molecule has 1 heterocycles. The molecule has 16 heavy (non-hydrogen) atoms. The van der Waals surface area contributed by atoms with Crippen LogP contribution in [0, 0.1) is 0 Å². The van der Waals surface area contributed by atoms with Crippen molar-refractivity contribution in [1.82, 2.24) is 4.98 Å². The Balaban J connectivity index is 0.000000397. The average molecular weight is 247 g/mol. The second-order valence-electron chi connectivity index (χ2n) is 2.63. The number of fused-ring (bicyclic) bond motifs is 1. The normalized spacial score (nSPS) is 8.50. The fourth-order valence-corrected chi connectivity index (χ4v) is 1.09. The van der Waals surface area contributed by atoms with Crippen molar-refractivity contribution in [2.45, 2.75) is 0 Å². The van der Waals surface area contributed by atoms with Crippen LogP contribution in [0.5, 0.6) is 5.75 Å². The Morgan fingerprint density at radius 2 is 1.69 bits per heavy atom. The molecule has 0 spiro atoms. The number of phenolic OH excluding ortho intramolecular Hbond substituents is 1. The van der Waals surface area contributed by atoms with Gasteiger partial charge in [-0.05, 0) is 12.1 Å². The molecule has 2 aromatic rings. The van der Waals surface area contributed by atoms with Crippen molar-refractivity contribution < 1.29 is 20.1 Å². The van der Waals surface area contributed by atoms with Crippen molar-refractivity contribution in [3.63, 3.8) is 0 Å². The summed E-state index contributed by atoms with van der Waals surface area (Å²) in [5.41, 5.74) is 0.662. The molecule has 0 radical (unpaired) electrons. The van der Waals surface area contributed by atoms with Gasteiger partial charge >= 0.3 is 57.5 Å². The van der Waals surface area contributed by atoms with Crippen molar-refractivity contribution in [1.29, 1.82) is 0 Å². The first-order chi connectivity index (χ1) is 7.11. The van der Waals surface area contributed by atoms with Crippen molar-refractivity contribution in [2.75, 3.05) is 0 Å². The van der Waals surface area contributed by atoms with Crippen molar-refractivity contribution >= 4 is 68.4 Å². The summed E-state index contributed by atoms with van der Waals surface area (Å²) in [5, 5.41) is 24.2. The quantitative estimate of drug-likeness (QED) is 0.614. The Labute approximate surface area is 134 Å². The molecule has 0 aliphatic carbocycles. The van der Waals surface area contributed by atoms with Gasteiger partial charge in [0.05, 0.1) is 0 Å². The van der Waals surface area contributed by atoms with Gasteiger partial charge in [-0.2, -0.15) is 0 Å². The third-order valence-electron chi connectivity index (χ3n) is 1.61. The van der Waals surface area contributed by atoms with E-state index in [0.29, 0.717) is 5.52 Å². The Bertz CT molecular complexity index is 466. The van der Waals surface area contributed by atoms with Gasteiger partial charge in [0.25, 0.3) is 0 Å². The molecule has 0 saturated heterocycles. The van der Waals surface area contributed by atoms with Crippen LogP contribution in [0.25, 0.3) is 10.9 Å². The summed E-state index contributed by atoms with van der Waals surface area (Å²) in [4.78, 5) is 12.6. The fourth-order valence-electron chi connectivity index (χ4n) is 1.09. The van der Waals surface area contributed by atoms with Gasteiger partial charge in [0, 0.05) is 11.6 Å². The number of nitrogens with zero attached hydrogens (tertiary/aromatic N) is 1. The first-order valence-corrected chi connectivity index (χ1v) is 4.06. The zero-order chi connectivity index (χ0) is 11.3. The number of hydrogen-bond donors (Lipinski definition) is 3. The van der Waals surface area contributed by atoms with Crippen LogP contribution in [-0.4, -0.2) is 77.8 Å². The Morgan fingerprint density at radius 1 is 1.12 bits per heavy atom. The van der Waals surface area contributed by atoms with Crippen molar-refractivity contribution in [2.24, 2.45) is 0 Å². The summed E-state index contributed by atoms with van der Waals surface area (Å²) in [6.45, 7) is 0. The minimum absolute atomic E-state index is 0. The summed E-state index contributed by atoms with van der Waals surface area (Å²) in [5.74, 6) is 0.239. The van der Waals surface area contributed by atoms with Gasteiger partial charge in [-0.25, -0.2) is 4.79 Å². The van der Waals surface area contributed by atoms with E-state index in [4.69, 9.17) is 15.0 Å². The van der Waals surface area contributed by atoms with Crippen LogP contribution in [0.1, 0.15) is 0 Å². The molecule has 1 aromatic carbocycles. The second-order valence-corrected chi connectivity index (χ2v) is 2.63. The number of carboxylic acid groups (broad SMARTS) is 2. The summed E-state index contributed by atoms with van der Waals surface area (Å²) in [6, 6.07) is 9.13. The van der Waals surface area contributed by atoms with E-state index in [-0.39, 0.29) is 57.1 Å². The van der Waals surface area contributed by atoms with Gasteiger partial charge in [-0.15, -0.1) is 0 Å². The number of pyridine rings is 1. The second kappa shape index (κ2) is 7.58. The number of aromatic hydroxyl groups is 1.